The second kappa shape index (κ2) is 5.00. The summed E-state index contributed by atoms with van der Waals surface area (Å²) in [6.45, 7) is 11.2. The zero-order valence-electron chi connectivity index (χ0n) is 10.2. The summed E-state index contributed by atoms with van der Waals surface area (Å²) in [5.41, 5.74) is 0. The highest BCUT2D eigenvalue weighted by Gasteiger charge is 2.30. The summed E-state index contributed by atoms with van der Waals surface area (Å²) < 4.78 is 0. The third kappa shape index (κ3) is 2.40. The molecule has 3 rings (SSSR count). The van der Waals surface area contributed by atoms with E-state index in [0.717, 1.165) is 6.04 Å². The Morgan fingerprint density at radius 1 is 0.938 bits per heavy atom. The Hall–Kier alpha value is -0.160. The predicted molar refractivity (Wildman–Crippen MR) is 65.5 cm³/mol. The summed E-state index contributed by atoms with van der Waals surface area (Å²) in [6.07, 6.45) is 2.85. The van der Waals surface area contributed by atoms with Crippen LogP contribution in [0.1, 0.15) is 12.8 Å². The van der Waals surface area contributed by atoms with Gasteiger partial charge in [0.2, 0.25) is 0 Å². The van der Waals surface area contributed by atoms with Gasteiger partial charge in [0, 0.05) is 51.9 Å². The van der Waals surface area contributed by atoms with E-state index >= 15 is 0 Å². The standard InChI is InChI=1S/C12H24N4/c1-2-12-10-15(8-9-16(12)5-1)11-14-6-3-13-4-7-14/h12-13H,1-11H2. The van der Waals surface area contributed by atoms with Crippen molar-refractivity contribution in [3.63, 3.8) is 0 Å². The molecule has 4 heteroatoms. The van der Waals surface area contributed by atoms with Gasteiger partial charge in [-0.3, -0.25) is 14.7 Å². The van der Waals surface area contributed by atoms with Crippen LogP contribution < -0.4 is 5.32 Å². The van der Waals surface area contributed by atoms with Gasteiger partial charge < -0.3 is 5.32 Å². The Morgan fingerprint density at radius 3 is 2.69 bits per heavy atom. The highest BCUT2D eigenvalue weighted by atomic mass is 15.4. The van der Waals surface area contributed by atoms with Gasteiger partial charge >= 0.3 is 0 Å². The van der Waals surface area contributed by atoms with Crippen LogP contribution >= 0.6 is 0 Å². The molecule has 0 spiro atoms. The van der Waals surface area contributed by atoms with Crippen molar-refractivity contribution in [1.82, 2.24) is 20.0 Å². The summed E-state index contributed by atoms with van der Waals surface area (Å²) in [6, 6.07) is 0.872. The van der Waals surface area contributed by atoms with Gasteiger partial charge in [-0.05, 0) is 19.4 Å². The lowest BCUT2D eigenvalue weighted by molar-refractivity contribution is 0.0503. The molecule has 92 valence electrons. The maximum absolute atomic E-state index is 3.42. The van der Waals surface area contributed by atoms with Gasteiger partial charge in [-0.25, -0.2) is 0 Å². The van der Waals surface area contributed by atoms with Crippen LogP contribution in [-0.4, -0.2) is 79.8 Å². The number of piperazine rings is 2. The van der Waals surface area contributed by atoms with Crippen molar-refractivity contribution in [3.8, 4) is 0 Å². The maximum Gasteiger partial charge on any atom is 0.0508 e. The van der Waals surface area contributed by atoms with Crippen molar-refractivity contribution in [2.75, 3.05) is 59.0 Å². The highest BCUT2D eigenvalue weighted by Crippen LogP contribution is 2.21. The predicted octanol–water partition coefficient (Wildman–Crippen LogP) is -0.371. The van der Waals surface area contributed by atoms with Gasteiger partial charge in [-0.15, -0.1) is 0 Å². The van der Waals surface area contributed by atoms with Crippen molar-refractivity contribution < 1.29 is 0 Å². The average Bonchev–Trinajstić information content (AvgIpc) is 2.77. The average molecular weight is 224 g/mol. The minimum absolute atomic E-state index is 0.872. The summed E-state index contributed by atoms with van der Waals surface area (Å²) in [7, 11) is 0. The van der Waals surface area contributed by atoms with Crippen molar-refractivity contribution in [2.24, 2.45) is 0 Å². The van der Waals surface area contributed by atoms with Crippen LogP contribution in [0, 0.1) is 0 Å². The molecule has 3 aliphatic heterocycles. The normalized spacial score (nSPS) is 34.1. The third-order valence-corrected chi connectivity index (χ3v) is 4.28. The van der Waals surface area contributed by atoms with E-state index in [1.54, 1.807) is 0 Å². The zero-order valence-corrected chi connectivity index (χ0v) is 10.2. The first-order valence-corrected chi connectivity index (χ1v) is 6.81. The molecule has 0 aliphatic carbocycles. The fourth-order valence-corrected chi connectivity index (χ4v) is 3.32. The molecule has 0 radical (unpaired) electrons. The number of nitrogens with one attached hydrogen (secondary N) is 1. The first-order chi connectivity index (χ1) is 7.92. The molecule has 16 heavy (non-hydrogen) atoms. The molecular formula is C12H24N4. The first kappa shape index (κ1) is 11.0. The van der Waals surface area contributed by atoms with Gasteiger partial charge in [-0.2, -0.15) is 0 Å². The molecule has 0 bridgehead atoms. The summed E-state index contributed by atoms with van der Waals surface area (Å²) in [5, 5.41) is 3.42. The quantitative estimate of drug-likeness (QED) is 0.691. The molecular weight excluding hydrogens is 200 g/mol. The Labute approximate surface area is 98.6 Å². The lowest BCUT2D eigenvalue weighted by Crippen LogP contribution is -2.55. The lowest BCUT2D eigenvalue weighted by atomic mass is 10.1. The Morgan fingerprint density at radius 2 is 1.81 bits per heavy atom. The molecule has 0 aromatic carbocycles. The van der Waals surface area contributed by atoms with Crippen LogP contribution in [0.25, 0.3) is 0 Å². The van der Waals surface area contributed by atoms with E-state index in [4.69, 9.17) is 0 Å². The molecule has 1 unspecified atom stereocenters. The number of rotatable bonds is 2. The second-order valence-electron chi connectivity index (χ2n) is 5.42. The van der Waals surface area contributed by atoms with E-state index < -0.39 is 0 Å². The monoisotopic (exact) mass is 224 g/mol. The van der Waals surface area contributed by atoms with E-state index in [0.29, 0.717) is 0 Å². The van der Waals surface area contributed by atoms with E-state index in [1.807, 2.05) is 0 Å². The molecule has 0 amide bonds. The van der Waals surface area contributed by atoms with Crippen molar-refractivity contribution in [2.45, 2.75) is 18.9 Å². The third-order valence-electron chi connectivity index (χ3n) is 4.28. The molecule has 3 aliphatic rings. The van der Waals surface area contributed by atoms with Crippen molar-refractivity contribution in [1.29, 1.82) is 0 Å². The van der Waals surface area contributed by atoms with E-state index in [9.17, 15) is 0 Å². The number of nitrogens with zero attached hydrogens (tertiary/aromatic N) is 3. The van der Waals surface area contributed by atoms with Crippen LogP contribution in [0.2, 0.25) is 0 Å². The second-order valence-corrected chi connectivity index (χ2v) is 5.42. The van der Waals surface area contributed by atoms with Crippen molar-refractivity contribution in [3.05, 3.63) is 0 Å². The number of hydrogen-bond acceptors (Lipinski definition) is 4. The Balaban J connectivity index is 1.48. The molecule has 3 fully saturated rings. The Bertz CT molecular complexity index is 227. The van der Waals surface area contributed by atoms with E-state index in [2.05, 4.69) is 20.0 Å². The van der Waals surface area contributed by atoms with Crippen LogP contribution in [0.4, 0.5) is 0 Å². The molecule has 3 heterocycles. The van der Waals surface area contributed by atoms with Gasteiger partial charge in [0.1, 0.15) is 0 Å². The summed E-state index contributed by atoms with van der Waals surface area (Å²) in [5.74, 6) is 0. The fraction of sp³-hybridized carbons (Fsp3) is 1.00. The fourth-order valence-electron chi connectivity index (χ4n) is 3.32. The van der Waals surface area contributed by atoms with Gasteiger partial charge in [0.15, 0.2) is 0 Å². The minimum atomic E-state index is 0.872. The van der Waals surface area contributed by atoms with Gasteiger partial charge in [-0.1, -0.05) is 0 Å². The molecule has 1 N–H and O–H groups in total. The minimum Gasteiger partial charge on any atom is -0.314 e. The molecule has 0 saturated carbocycles. The van der Waals surface area contributed by atoms with Crippen LogP contribution in [0.3, 0.4) is 0 Å². The number of hydrogen-bond donors (Lipinski definition) is 1. The number of fused-ring (bicyclic) bond motifs is 1. The van der Waals surface area contributed by atoms with E-state index in [-0.39, 0.29) is 0 Å². The topological polar surface area (TPSA) is 21.8 Å². The Kier molecular flexibility index (Phi) is 3.43. The molecule has 1 atom stereocenters. The molecule has 0 aromatic rings. The molecule has 3 saturated heterocycles. The smallest absolute Gasteiger partial charge is 0.0508 e. The van der Waals surface area contributed by atoms with Crippen LogP contribution in [0.15, 0.2) is 0 Å². The highest BCUT2D eigenvalue weighted by molar-refractivity contribution is 4.87. The molecule has 4 nitrogen and oxygen atoms in total. The first-order valence-electron chi connectivity index (χ1n) is 6.81. The largest absolute Gasteiger partial charge is 0.314 e. The molecule has 0 aromatic heterocycles. The zero-order chi connectivity index (χ0) is 10.8. The van der Waals surface area contributed by atoms with Crippen molar-refractivity contribution >= 4 is 0 Å². The summed E-state index contributed by atoms with van der Waals surface area (Å²) >= 11 is 0. The lowest BCUT2D eigenvalue weighted by Gasteiger charge is -2.40. The van der Waals surface area contributed by atoms with Crippen LogP contribution in [-0.2, 0) is 0 Å². The maximum atomic E-state index is 3.42. The van der Waals surface area contributed by atoms with Gasteiger partial charge in [0.05, 0.1) is 6.67 Å². The van der Waals surface area contributed by atoms with E-state index in [1.165, 1.54) is 71.9 Å². The van der Waals surface area contributed by atoms with Crippen LogP contribution in [0.5, 0.6) is 0 Å². The SMILES string of the molecule is C1CC2CN(CN3CCNCC3)CCN2C1. The summed E-state index contributed by atoms with van der Waals surface area (Å²) in [4.78, 5) is 7.95. The van der Waals surface area contributed by atoms with Gasteiger partial charge in [0.25, 0.3) is 0 Å².